The molecule has 0 saturated carbocycles. The first kappa shape index (κ1) is 15.9. The molecule has 0 aromatic heterocycles. The van der Waals surface area contributed by atoms with Crippen LogP contribution >= 0.6 is 23.4 Å². The molecule has 0 radical (unpaired) electrons. The third kappa shape index (κ3) is 4.77. The van der Waals surface area contributed by atoms with Crippen molar-refractivity contribution < 1.29 is 9.90 Å². The molecular formula is C16H16ClNO2S. The first-order valence-corrected chi connectivity index (χ1v) is 7.83. The summed E-state index contributed by atoms with van der Waals surface area (Å²) in [7, 11) is 0. The summed E-state index contributed by atoms with van der Waals surface area (Å²) in [5.74, 6) is 0.208. The van der Waals surface area contributed by atoms with Gasteiger partial charge in [-0.1, -0.05) is 29.8 Å². The van der Waals surface area contributed by atoms with Gasteiger partial charge in [-0.25, -0.2) is 0 Å². The number of halogens is 1. The Kier molecular flexibility index (Phi) is 5.67. The van der Waals surface area contributed by atoms with Crippen LogP contribution in [0.3, 0.4) is 0 Å². The third-order valence-corrected chi connectivity index (χ3v) is 4.20. The fraction of sp³-hybridized carbons (Fsp3) is 0.188. The number of rotatable bonds is 5. The van der Waals surface area contributed by atoms with Crippen molar-refractivity contribution in [2.45, 2.75) is 18.4 Å². The molecule has 0 bridgehead atoms. The maximum absolute atomic E-state index is 11.9. The summed E-state index contributed by atoms with van der Waals surface area (Å²) in [6.07, 6.45) is 0. The van der Waals surface area contributed by atoms with E-state index in [0.29, 0.717) is 16.5 Å². The summed E-state index contributed by atoms with van der Waals surface area (Å²) in [4.78, 5) is 12.9. The molecule has 0 spiro atoms. The molecule has 0 aliphatic rings. The minimum atomic E-state index is -0.100. The van der Waals surface area contributed by atoms with Crippen LogP contribution in [0.25, 0.3) is 0 Å². The largest absolute Gasteiger partial charge is 0.392 e. The predicted molar refractivity (Wildman–Crippen MR) is 87.9 cm³/mol. The first-order valence-electron chi connectivity index (χ1n) is 6.47. The second-order valence-corrected chi connectivity index (χ2v) is 6.08. The van der Waals surface area contributed by atoms with Gasteiger partial charge in [-0.15, -0.1) is 11.8 Å². The monoisotopic (exact) mass is 321 g/mol. The van der Waals surface area contributed by atoms with E-state index in [4.69, 9.17) is 16.7 Å². The average Bonchev–Trinajstić information content (AvgIpc) is 2.48. The first-order chi connectivity index (χ1) is 10.1. The SMILES string of the molecule is Cc1ccc(NC(=O)CSc2ccc(CO)cc2)c(Cl)c1. The molecule has 3 nitrogen and oxygen atoms in total. The van der Waals surface area contributed by atoms with Crippen LogP contribution in [-0.4, -0.2) is 16.8 Å². The Morgan fingerprint density at radius 2 is 1.95 bits per heavy atom. The number of hydrogen-bond donors (Lipinski definition) is 2. The zero-order chi connectivity index (χ0) is 15.2. The highest BCUT2D eigenvalue weighted by molar-refractivity contribution is 8.00. The van der Waals surface area contributed by atoms with Gasteiger partial charge in [0.25, 0.3) is 0 Å². The van der Waals surface area contributed by atoms with Gasteiger partial charge in [0, 0.05) is 4.90 Å². The minimum absolute atomic E-state index is 0.0252. The summed E-state index contributed by atoms with van der Waals surface area (Å²) in [6, 6.07) is 13.0. The van der Waals surface area contributed by atoms with E-state index in [1.807, 2.05) is 43.3 Å². The van der Waals surface area contributed by atoms with Crippen LogP contribution in [0.15, 0.2) is 47.4 Å². The van der Waals surface area contributed by atoms with E-state index >= 15 is 0 Å². The lowest BCUT2D eigenvalue weighted by atomic mass is 10.2. The minimum Gasteiger partial charge on any atom is -0.392 e. The molecule has 2 aromatic rings. The van der Waals surface area contributed by atoms with Gasteiger partial charge >= 0.3 is 0 Å². The van der Waals surface area contributed by atoms with Crippen LogP contribution in [-0.2, 0) is 11.4 Å². The Morgan fingerprint density at radius 3 is 2.57 bits per heavy atom. The predicted octanol–water partition coefficient (Wildman–Crippen LogP) is 3.87. The molecule has 0 fully saturated rings. The van der Waals surface area contributed by atoms with Gasteiger partial charge in [-0.3, -0.25) is 4.79 Å². The van der Waals surface area contributed by atoms with Crippen molar-refractivity contribution in [2.75, 3.05) is 11.1 Å². The van der Waals surface area contributed by atoms with Crippen molar-refractivity contribution >= 4 is 35.0 Å². The number of carbonyl (C=O) groups excluding carboxylic acids is 1. The molecule has 0 unspecified atom stereocenters. The highest BCUT2D eigenvalue weighted by atomic mass is 35.5. The Morgan fingerprint density at radius 1 is 1.24 bits per heavy atom. The van der Waals surface area contributed by atoms with Crippen LogP contribution < -0.4 is 5.32 Å². The van der Waals surface area contributed by atoms with Crippen molar-refractivity contribution in [1.29, 1.82) is 0 Å². The number of aryl methyl sites for hydroxylation is 1. The Bertz CT molecular complexity index is 629. The smallest absolute Gasteiger partial charge is 0.234 e. The number of amides is 1. The summed E-state index contributed by atoms with van der Waals surface area (Å²) >= 11 is 7.52. The number of benzene rings is 2. The summed E-state index contributed by atoms with van der Waals surface area (Å²) in [6.45, 7) is 1.97. The van der Waals surface area contributed by atoms with E-state index in [0.717, 1.165) is 16.0 Å². The molecule has 0 aliphatic carbocycles. The summed E-state index contributed by atoms with van der Waals surface area (Å²) in [5.41, 5.74) is 2.54. The van der Waals surface area contributed by atoms with Gasteiger partial charge < -0.3 is 10.4 Å². The van der Waals surface area contributed by atoms with Gasteiger partial charge in [-0.2, -0.15) is 0 Å². The van der Waals surface area contributed by atoms with Crippen LogP contribution in [0.4, 0.5) is 5.69 Å². The highest BCUT2D eigenvalue weighted by Gasteiger charge is 2.07. The Hall–Kier alpha value is -1.49. The van der Waals surface area contributed by atoms with E-state index in [-0.39, 0.29) is 12.5 Å². The normalized spacial score (nSPS) is 10.4. The zero-order valence-electron chi connectivity index (χ0n) is 11.6. The summed E-state index contributed by atoms with van der Waals surface area (Å²) < 4.78 is 0. The van der Waals surface area contributed by atoms with Crippen LogP contribution in [0.5, 0.6) is 0 Å². The van der Waals surface area contributed by atoms with Gasteiger partial charge in [-0.05, 0) is 42.3 Å². The molecule has 21 heavy (non-hydrogen) atoms. The van der Waals surface area contributed by atoms with E-state index in [2.05, 4.69) is 5.32 Å². The number of thioether (sulfide) groups is 1. The van der Waals surface area contributed by atoms with Crippen molar-refractivity contribution in [2.24, 2.45) is 0 Å². The number of aliphatic hydroxyl groups excluding tert-OH is 1. The third-order valence-electron chi connectivity index (χ3n) is 2.87. The van der Waals surface area contributed by atoms with Crippen molar-refractivity contribution in [1.82, 2.24) is 0 Å². The van der Waals surface area contributed by atoms with Crippen molar-refractivity contribution in [3.63, 3.8) is 0 Å². The maximum atomic E-state index is 11.9. The Balaban J connectivity index is 1.89. The molecule has 2 N–H and O–H groups in total. The van der Waals surface area contributed by atoms with E-state index in [9.17, 15) is 4.79 Å². The fourth-order valence-electron chi connectivity index (χ4n) is 1.75. The second-order valence-electron chi connectivity index (χ2n) is 4.62. The Labute approximate surface area is 133 Å². The van der Waals surface area contributed by atoms with Gasteiger partial charge in [0.2, 0.25) is 5.91 Å². The van der Waals surface area contributed by atoms with E-state index < -0.39 is 0 Å². The standard InChI is InChI=1S/C16H16ClNO2S/c1-11-2-7-15(14(17)8-11)18-16(20)10-21-13-5-3-12(9-19)4-6-13/h2-8,19H,9-10H2,1H3,(H,18,20). The maximum Gasteiger partial charge on any atom is 0.234 e. The van der Waals surface area contributed by atoms with Gasteiger partial charge in [0.05, 0.1) is 23.1 Å². The molecule has 2 aromatic carbocycles. The van der Waals surface area contributed by atoms with Crippen LogP contribution in [0.2, 0.25) is 5.02 Å². The lowest BCUT2D eigenvalue weighted by molar-refractivity contribution is -0.113. The lowest BCUT2D eigenvalue weighted by Crippen LogP contribution is -2.14. The fourth-order valence-corrected chi connectivity index (χ4v) is 2.73. The molecular weight excluding hydrogens is 306 g/mol. The zero-order valence-corrected chi connectivity index (χ0v) is 13.2. The molecule has 0 heterocycles. The average molecular weight is 322 g/mol. The van der Waals surface area contributed by atoms with E-state index in [1.54, 1.807) is 6.07 Å². The highest BCUT2D eigenvalue weighted by Crippen LogP contribution is 2.24. The number of nitrogens with one attached hydrogen (secondary N) is 1. The molecule has 0 atom stereocenters. The molecule has 2 rings (SSSR count). The number of hydrogen-bond acceptors (Lipinski definition) is 3. The number of carbonyl (C=O) groups is 1. The van der Waals surface area contributed by atoms with Crippen LogP contribution in [0.1, 0.15) is 11.1 Å². The van der Waals surface area contributed by atoms with E-state index in [1.165, 1.54) is 11.8 Å². The lowest BCUT2D eigenvalue weighted by Gasteiger charge is -2.08. The molecule has 5 heteroatoms. The summed E-state index contributed by atoms with van der Waals surface area (Å²) in [5, 5.41) is 12.3. The molecule has 0 saturated heterocycles. The molecule has 0 aliphatic heterocycles. The molecule has 1 amide bonds. The number of anilines is 1. The van der Waals surface area contributed by atoms with Crippen molar-refractivity contribution in [3.05, 3.63) is 58.6 Å². The van der Waals surface area contributed by atoms with Crippen LogP contribution in [0, 0.1) is 6.92 Å². The van der Waals surface area contributed by atoms with Gasteiger partial charge in [0.15, 0.2) is 0 Å². The quantitative estimate of drug-likeness (QED) is 0.822. The van der Waals surface area contributed by atoms with Crippen molar-refractivity contribution in [3.8, 4) is 0 Å². The topological polar surface area (TPSA) is 49.3 Å². The second kappa shape index (κ2) is 7.50. The molecule has 110 valence electrons. The van der Waals surface area contributed by atoms with Gasteiger partial charge in [0.1, 0.15) is 0 Å². The number of aliphatic hydroxyl groups is 1.